The van der Waals surface area contributed by atoms with E-state index < -0.39 is 7.92 Å². The molecule has 1 N–H and O–H groups in total. The lowest BCUT2D eigenvalue weighted by molar-refractivity contribution is 0.482. The van der Waals surface area contributed by atoms with Crippen LogP contribution in [0, 0.1) is 0 Å². The molecule has 0 unspecified atom stereocenters. The van der Waals surface area contributed by atoms with Gasteiger partial charge in [0, 0.05) is 5.39 Å². The predicted molar refractivity (Wildman–Crippen MR) is 147 cm³/mol. The minimum absolute atomic E-state index is 0.316. The Kier molecular flexibility index (Phi) is 5.34. The lowest BCUT2D eigenvalue weighted by Crippen LogP contribution is -2.21. The average molecular weight is 455 g/mol. The second kappa shape index (κ2) is 8.78. The summed E-state index contributed by atoms with van der Waals surface area (Å²) in [6.07, 6.45) is 0. The van der Waals surface area contributed by atoms with Crippen LogP contribution in [-0.2, 0) is 0 Å². The number of hydrogen-bond acceptors (Lipinski definition) is 1. The molecule has 0 aliphatic heterocycles. The van der Waals surface area contributed by atoms with Gasteiger partial charge in [-0.2, -0.15) is 0 Å². The molecule has 6 rings (SSSR count). The third kappa shape index (κ3) is 3.55. The number of phenolic OH excluding ortho intramolecular Hbond substituents is 1. The van der Waals surface area contributed by atoms with Crippen molar-refractivity contribution in [3.8, 4) is 16.9 Å². The Morgan fingerprint density at radius 1 is 0.412 bits per heavy atom. The molecule has 162 valence electrons. The van der Waals surface area contributed by atoms with Crippen LogP contribution in [0.4, 0.5) is 0 Å². The normalized spacial score (nSPS) is 11.3. The maximum atomic E-state index is 10.8. The van der Waals surface area contributed by atoms with Gasteiger partial charge in [0.1, 0.15) is 5.75 Å². The quantitative estimate of drug-likeness (QED) is 0.281. The lowest BCUT2D eigenvalue weighted by Gasteiger charge is -2.23. The van der Waals surface area contributed by atoms with E-state index in [1.165, 1.54) is 26.7 Å². The molecule has 2 heteroatoms. The Hall–Kier alpha value is -3.93. The Morgan fingerprint density at radius 2 is 0.882 bits per heavy atom. The first-order valence-electron chi connectivity index (χ1n) is 11.4. The van der Waals surface area contributed by atoms with Gasteiger partial charge in [-0.3, -0.25) is 0 Å². The third-order valence-electron chi connectivity index (χ3n) is 6.33. The molecule has 0 heterocycles. The minimum atomic E-state index is -0.766. The topological polar surface area (TPSA) is 20.2 Å². The first-order valence-corrected chi connectivity index (χ1v) is 12.8. The fourth-order valence-electron chi connectivity index (χ4n) is 4.86. The molecule has 0 aromatic heterocycles. The van der Waals surface area contributed by atoms with Crippen LogP contribution < -0.4 is 15.9 Å². The molecule has 1 nitrogen and oxygen atoms in total. The molecule has 0 radical (unpaired) electrons. The summed E-state index contributed by atoms with van der Waals surface area (Å²) in [4.78, 5) is 0. The summed E-state index contributed by atoms with van der Waals surface area (Å²) in [5.41, 5.74) is 2.21. The van der Waals surface area contributed by atoms with Gasteiger partial charge in [0.25, 0.3) is 0 Å². The van der Waals surface area contributed by atoms with Crippen molar-refractivity contribution in [2.24, 2.45) is 0 Å². The summed E-state index contributed by atoms with van der Waals surface area (Å²) >= 11 is 0. The van der Waals surface area contributed by atoms with Crippen LogP contribution >= 0.6 is 7.92 Å². The zero-order valence-electron chi connectivity index (χ0n) is 18.6. The zero-order chi connectivity index (χ0) is 22.9. The van der Waals surface area contributed by atoms with E-state index in [1.807, 2.05) is 6.07 Å². The van der Waals surface area contributed by atoms with Gasteiger partial charge < -0.3 is 5.11 Å². The standard InChI is InChI=1S/C32H23OP/c33-29-21-9-13-23-11-7-19-27(31(23)29)28-20-8-12-24-14-10-22-30(32(24)28)34(25-15-3-1-4-16-25)26-17-5-2-6-18-26/h1-22,33H. The molecule has 0 atom stereocenters. The highest BCUT2D eigenvalue weighted by molar-refractivity contribution is 7.80. The van der Waals surface area contributed by atoms with Gasteiger partial charge in [0.2, 0.25) is 0 Å². The van der Waals surface area contributed by atoms with Crippen LogP contribution in [0.5, 0.6) is 5.75 Å². The average Bonchev–Trinajstić information content (AvgIpc) is 2.90. The van der Waals surface area contributed by atoms with Gasteiger partial charge in [0.05, 0.1) is 0 Å². The summed E-state index contributed by atoms with van der Waals surface area (Å²) in [6, 6.07) is 46.8. The molecule has 34 heavy (non-hydrogen) atoms. The van der Waals surface area contributed by atoms with E-state index in [2.05, 4.69) is 121 Å². The van der Waals surface area contributed by atoms with E-state index in [9.17, 15) is 5.11 Å². The van der Waals surface area contributed by atoms with Crippen LogP contribution in [0.15, 0.2) is 133 Å². The maximum absolute atomic E-state index is 10.8. The third-order valence-corrected chi connectivity index (χ3v) is 8.81. The molecule has 0 saturated heterocycles. The highest BCUT2D eigenvalue weighted by atomic mass is 31.1. The fraction of sp³-hybridized carbons (Fsp3) is 0. The maximum Gasteiger partial charge on any atom is 0.124 e. The summed E-state index contributed by atoms with van der Waals surface area (Å²) in [6.45, 7) is 0. The van der Waals surface area contributed by atoms with Crippen LogP contribution in [0.25, 0.3) is 32.7 Å². The van der Waals surface area contributed by atoms with E-state index in [1.54, 1.807) is 6.07 Å². The molecular formula is C32H23OP. The van der Waals surface area contributed by atoms with Crippen molar-refractivity contribution in [2.45, 2.75) is 0 Å². The highest BCUT2D eigenvalue weighted by Gasteiger charge is 2.21. The number of hydrogen-bond donors (Lipinski definition) is 1. The largest absolute Gasteiger partial charge is 0.507 e. The van der Waals surface area contributed by atoms with Gasteiger partial charge in [-0.05, 0) is 57.2 Å². The number of fused-ring (bicyclic) bond motifs is 2. The van der Waals surface area contributed by atoms with Crippen molar-refractivity contribution in [3.05, 3.63) is 133 Å². The number of rotatable bonds is 4. The van der Waals surface area contributed by atoms with Crippen molar-refractivity contribution < 1.29 is 5.11 Å². The summed E-state index contributed by atoms with van der Waals surface area (Å²) in [5.74, 6) is 0.316. The molecule has 6 aromatic rings. The summed E-state index contributed by atoms with van der Waals surface area (Å²) in [5, 5.41) is 19.2. The first-order chi connectivity index (χ1) is 16.8. The van der Waals surface area contributed by atoms with Gasteiger partial charge in [-0.1, -0.05) is 127 Å². The second-order valence-electron chi connectivity index (χ2n) is 8.37. The second-order valence-corrected chi connectivity index (χ2v) is 10.6. The highest BCUT2D eigenvalue weighted by Crippen LogP contribution is 2.42. The zero-order valence-corrected chi connectivity index (χ0v) is 19.5. The Morgan fingerprint density at radius 3 is 1.47 bits per heavy atom. The monoisotopic (exact) mass is 454 g/mol. The Labute approximate surface area is 200 Å². The smallest absolute Gasteiger partial charge is 0.124 e. The molecule has 0 aliphatic rings. The molecule has 0 bridgehead atoms. The molecule has 0 spiro atoms. The van der Waals surface area contributed by atoms with Crippen molar-refractivity contribution >= 4 is 45.4 Å². The molecule has 0 aliphatic carbocycles. The van der Waals surface area contributed by atoms with Crippen LogP contribution in [0.1, 0.15) is 0 Å². The first kappa shape index (κ1) is 20.7. The molecule has 0 fully saturated rings. The van der Waals surface area contributed by atoms with Gasteiger partial charge in [-0.15, -0.1) is 0 Å². The fourth-order valence-corrected chi connectivity index (χ4v) is 7.36. The van der Waals surface area contributed by atoms with E-state index in [0.717, 1.165) is 21.9 Å². The summed E-state index contributed by atoms with van der Waals surface area (Å²) < 4.78 is 0. The molecule has 6 aromatic carbocycles. The van der Waals surface area contributed by atoms with Gasteiger partial charge in [0.15, 0.2) is 0 Å². The minimum Gasteiger partial charge on any atom is -0.507 e. The van der Waals surface area contributed by atoms with Crippen molar-refractivity contribution in [1.82, 2.24) is 0 Å². The predicted octanol–water partition coefficient (Wildman–Crippen LogP) is 7.12. The van der Waals surface area contributed by atoms with Crippen LogP contribution in [-0.4, -0.2) is 5.11 Å². The van der Waals surface area contributed by atoms with Gasteiger partial charge >= 0.3 is 0 Å². The van der Waals surface area contributed by atoms with E-state index >= 15 is 0 Å². The lowest BCUT2D eigenvalue weighted by atomic mass is 9.93. The Bertz CT molecular complexity index is 1560. The van der Waals surface area contributed by atoms with E-state index in [-0.39, 0.29) is 0 Å². The Balaban J connectivity index is 1.70. The van der Waals surface area contributed by atoms with E-state index in [0.29, 0.717) is 5.75 Å². The van der Waals surface area contributed by atoms with Crippen LogP contribution in [0.3, 0.4) is 0 Å². The van der Waals surface area contributed by atoms with Crippen molar-refractivity contribution in [3.63, 3.8) is 0 Å². The van der Waals surface area contributed by atoms with Gasteiger partial charge in [-0.25, -0.2) is 0 Å². The van der Waals surface area contributed by atoms with Crippen LogP contribution in [0.2, 0.25) is 0 Å². The number of aromatic hydroxyl groups is 1. The molecule has 0 saturated carbocycles. The van der Waals surface area contributed by atoms with Crippen molar-refractivity contribution in [2.75, 3.05) is 0 Å². The SMILES string of the molecule is Oc1cccc2cccc(-c3cccc4cccc(P(c5ccccc5)c5ccccc5)c34)c12. The molecular weight excluding hydrogens is 431 g/mol. The number of benzene rings is 6. The van der Waals surface area contributed by atoms with Crippen molar-refractivity contribution in [1.29, 1.82) is 0 Å². The molecule has 0 amide bonds. The summed E-state index contributed by atoms with van der Waals surface area (Å²) in [7, 11) is -0.766. The van der Waals surface area contributed by atoms with E-state index in [4.69, 9.17) is 0 Å². The number of phenols is 1.